The number of nitrogens with two attached hydrogens (primary N) is 1. The van der Waals surface area contributed by atoms with Crippen LogP contribution in [0.15, 0.2) is 22.7 Å². The lowest BCUT2D eigenvalue weighted by atomic mass is 10.0. The molecule has 0 aliphatic carbocycles. The van der Waals surface area contributed by atoms with E-state index in [0.717, 1.165) is 38.1 Å². The number of likely N-dealkylation sites (N-methyl/N-ethyl adjacent to an activating group) is 1. The van der Waals surface area contributed by atoms with Crippen molar-refractivity contribution in [3.63, 3.8) is 0 Å². The molecule has 0 amide bonds. The van der Waals surface area contributed by atoms with Crippen molar-refractivity contribution in [2.75, 3.05) is 26.2 Å². The Morgan fingerprint density at radius 2 is 2.35 bits per heavy atom. The van der Waals surface area contributed by atoms with E-state index in [1.165, 1.54) is 6.07 Å². The van der Waals surface area contributed by atoms with E-state index in [0.29, 0.717) is 17.1 Å². The third-order valence-electron chi connectivity index (χ3n) is 3.86. The van der Waals surface area contributed by atoms with Crippen molar-refractivity contribution >= 4 is 15.9 Å². The van der Waals surface area contributed by atoms with Crippen LogP contribution in [0.4, 0.5) is 4.39 Å². The number of hydrogen-bond acceptors (Lipinski definition) is 3. The summed E-state index contributed by atoms with van der Waals surface area (Å²) in [6, 6.07) is 5.23. The van der Waals surface area contributed by atoms with Crippen molar-refractivity contribution in [1.82, 2.24) is 4.90 Å². The highest BCUT2D eigenvalue weighted by atomic mass is 79.9. The predicted octanol–water partition coefficient (Wildman–Crippen LogP) is 3.09. The molecule has 2 N–H and O–H groups in total. The first-order chi connectivity index (χ1) is 9.65. The maximum atomic E-state index is 13.4. The van der Waals surface area contributed by atoms with Gasteiger partial charge in [-0.05, 0) is 53.0 Å². The molecule has 1 heterocycles. The highest BCUT2D eigenvalue weighted by Crippen LogP contribution is 2.26. The van der Waals surface area contributed by atoms with Crippen LogP contribution in [-0.4, -0.2) is 37.2 Å². The van der Waals surface area contributed by atoms with Gasteiger partial charge in [0.05, 0.1) is 10.6 Å². The SMILES string of the molecule is CCN(CC1CCCO1)C(CN)c1ccc(F)c(Br)c1. The maximum absolute atomic E-state index is 13.4. The summed E-state index contributed by atoms with van der Waals surface area (Å²) in [4.78, 5) is 2.32. The average Bonchev–Trinajstić information content (AvgIpc) is 2.95. The molecular formula is C15H22BrFN2O. The molecule has 1 aromatic carbocycles. The zero-order chi connectivity index (χ0) is 14.5. The summed E-state index contributed by atoms with van der Waals surface area (Å²) in [5, 5.41) is 0. The molecule has 20 heavy (non-hydrogen) atoms. The lowest BCUT2D eigenvalue weighted by molar-refractivity contribution is 0.0601. The zero-order valence-electron chi connectivity index (χ0n) is 11.8. The zero-order valence-corrected chi connectivity index (χ0v) is 13.4. The van der Waals surface area contributed by atoms with Gasteiger partial charge >= 0.3 is 0 Å². The van der Waals surface area contributed by atoms with Gasteiger partial charge < -0.3 is 10.5 Å². The summed E-state index contributed by atoms with van der Waals surface area (Å²) >= 11 is 3.24. The van der Waals surface area contributed by atoms with E-state index in [2.05, 4.69) is 27.8 Å². The summed E-state index contributed by atoms with van der Waals surface area (Å²) in [5.41, 5.74) is 6.99. The van der Waals surface area contributed by atoms with Crippen LogP contribution in [0, 0.1) is 5.82 Å². The summed E-state index contributed by atoms with van der Waals surface area (Å²) in [6.45, 7) is 5.27. The fourth-order valence-electron chi connectivity index (χ4n) is 2.74. The molecule has 0 radical (unpaired) electrons. The first-order valence-electron chi connectivity index (χ1n) is 7.16. The second-order valence-electron chi connectivity index (χ2n) is 5.15. The van der Waals surface area contributed by atoms with Gasteiger partial charge in [0.15, 0.2) is 0 Å². The van der Waals surface area contributed by atoms with Gasteiger partial charge in [0.25, 0.3) is 0 Å². The lowest BCUT2D eigenvalue weighted by Gasteiger charge is -2.32. The predicted molar refractivity (Wildman–Crippen MR) is 82.1 cm³/mol. The third-order valence-corrected chi connectivity index (χ3v) is 4.47. The van der Waals surface area contributed by atoms with Crippen LogP contribution in [0.3, 0.4) is 0 Å². The minimum Gasteiger partial charge on any atom is -0.377 e. The smallest absolute Gasteiger partial charge is 0.137 e. The fraction of sp³-hybridized carbons (Fsp3) is 0.600. The van der Waals surface area contributed by atoms with E-state index in [1.54, 1.807) is 0 Å². The van der Waals surface area contributed by atoms with Crippen molar-refractivity contribution in [3.8, 4) is 0 Å². The molecule has 1 aromatic rings. The van der Waals surface area contributed by atoms with Gasteiger partial charge in [-0.25, -0.2) is 4.39 Å². The molecule has 1 aliphatic rings. The molecule has 1 saturated heterocycles. The minimum atomic E-state index is -0.244. The first kappa shape index (κ1) is 15.9. The van der Waals surface area contributed by atoms with Gasteiger partial charge in [-0.3, -0.25) is 4.90 Å². The van der Waals surface area contributed by atoms with Crippen LogP contribution in [0.2, 0.25) is 0 Å². The second-order valence-corrected chi connectivity index (χ2v) is 6.00. The Kier molecular flexibility index (Phi) is 5.96. The van der Waals surface area contributed by atoms with Gasteiger partial charge in [0.2, 0.25) is 0 Å². The van der Waals surface area contributed by atoms with Crippen molar-refractivity contribution in [1.29, 1.82) is 0 Å². The Morgan fingerprint density at radius 1 is 1.55 bits per heavy atom. The number of nitrogens with zero attached hydrogens (tertiary/aromatic N) is 1. The standard InChI is InChI=1S/C15H22BrFN2O/c1-2-19(10-12-4-3-7-20-12)15(9-18)11-5-6-14(17)13(16)8-11/h5-6,8,12,15H,2-4,7,9-10,18H2,1H3. The van der Waals surface area contributed by atoms with Crippen LogP contribution in [0.1, 0.15) is 31.4 Å². The number of benzene rings is 1. The van der Waals surface area contributed by atoms with Crippen molar-refractivity contribution in [3.05, 3.63) is 34.1 Å². The Labute approximate surface area is 128 Å². The monoisotopic (exact) mass is 344 g/mol. The fourth-order valence-corrected chi connectivity index (χ4v) is 3.14. The van der Waals surface area contributed by atoms with Gasteiger partial charge in [-0.1, -0.05) is 13.0 Å². The molecule has 0 saturated carbocycles. The molecule has 112 valence electrons. The maximum Gasteiger partial charge on any atom is 0.137 e. The number of hydrogen-bond donors (Lipinski definition) is 1. The molecule has 0 aromatic heterocycles. The number of ether oxygens (including phenoxy) is 1. The molecule has 0 spiro atoms. The quantitative estimate of drug-likeness (QED) is 0.861. The molecule has 1 aliphatic heterocycles. The first-order valence-corrected chi connectivity index (χ1v) is 7.95. The molecule has 3 nitrogen and oxygen atoms in total. The van der Waals surface area contributed by atoms with Crippen LogP contribution in [-0.2, 0) is 4.74 Å². The Bertz CT molecular complexity index is 438. The van der Waals surface area contributed by atoms with Crippen molar-refractivity contribution < 1.29 is 9.13 Å². The van der Waals surface area contributed by atoms with Crippen LogP contribution < -0.4 is 5.73 Å². The van der Waals surface area contributed by atoms with E-state index in [-0.39, 0.29) is 11.9 Å². The molecule has 2 rings (SSSR count). The molecular weight excluding hydrogens is 323 g/mol. The molecule has 2 atom stereocenters. The topological polar surface area (TPSA) is 38.5 Å². The van der Waals surface area contributed by atoms with Crippen LogP contribution >= 0.6 is 15.9 Å². The summed E-state index contributed by atoms with van der Waals surface area (Å²) in [5.74, 6) is -0.244. The van der Waals surface area contributed by atoms with Gasteiger partial charge in [-0.15, -0.1) is 0 Å². The highest BCUT2D eigenvalue weighted by Gasteiger charge is 2.24. The number of halogens is 2. The van der Waals surface area contributed by atoms with Crippen LogP contribution in [0.5, 0.6) is 0 Å². The summed E-state index contributed by atoms with van der Waals surface area (Å²) < 4.78 is 19.6. The highest BCUT2D eigenvalue weighted by molar-refractivity contribution is 9.10. The van der Waals surface area contributed by atoms with E-state index in [9.17, 15) is 4.39 Å². The van der Waals surface area contributed by atoms with E-state index in [1.807, 2.05) is 12.1 Å². The molecule has 2 unspecified atom stereocenters. The van der Waals surface area contributed by atoms with Crippen molar-refractivity contribution in [2.24, 2.45) is 5.73 Å². The second kappa shape index (κ2) is 7.50. The molecule has 5 heteroatoms. The van der Waals surface area contributed by atoms with Gasteiger partial charge in [0.1, 0.15) is 5.82 Å². The normalized spacial score (nSPS) is 20.6. The van der Waals surface area contributed by atoms with Crippen molar-refractivity contribution in [2.45, 2.75) is 31.9 Å². The van der Waals surface area contributed by atoms with E-state index >= 15 is 0 Å². The summed E-state index contributed by atoms with van der Waals surface area (Å²) in [7, 11) is 0. The third kappa shape index (κ3) is 3.79. The summed E-state index contributed by atoms with van der Waals surface area (Å²) in [6.07, 6.45) is 2.55. The minimum absolute atomic E-state index is 0.0982. The molecule has 0 bridgehead atoms. The Hall–Kier alpha value is -0.490. The molecule has 1 fully saturated rings. The lowest BCUT2D eigenvalue weighted by Crippen LogP contribution is -2.38. The van der Waals surface area contributed by atoms with Gasteiger partial charge in [0, 0.05) is 25.7 Å². The van der Waals surface area contributed by atoms with Crippen LogP contribution in [0.25, 0.3) is 0 Å². The average molecular weight is 345 g/mol. The van der Waals surface area contributed by atoms with Gasteiger partial charge in [-0.2, -0.15) is 0 Å². The Morgan fingerprint density at radius 3 is 2.90 bits per heavy atom. The van der Waals surface area contributed by atoms with E-state index < -0.39 is 0 Å². The largest absolute Gasteiger partial charge is 0.377 e. The van der Waals surface area contributed by atoms with E-state index in [4.69, 9.17) is 10.5 Å². The Balaban J connectivity index is 2.12. The number of rotatable bonds is 6.